The van der Waals surface area contributed by atoms with Gasteiger partial charge in [-0.25, -0.2) is 0 Å². The number of carboxylic acid groups (broad SMARTS) is 1. The number of esters is 2. The van der Waals surface area contributed by atoms with Gasteiger partial charge in [-0.15, -0.1) is 0 Å². The number of carbonyl (C=O) groups is 3. The van der Waals surface area contributed by atoms with E-state index in [0.717, 1.165) is 5.56 Å². The van der Waals surface area contributed by atoms with Crippen LogP contribution in [0.5, 0.6) is 11.5 Å². The van der Waals surface area contributed by atoms with Crippen LogP contribution in [0.15, 0.2) is 29.8 Å². The molecule has 0 aliphatic heterocycles. The quantitative estimate of drug-likeness (QED) is 0.473. The fraction of sp³-hybridized carbons (Fsp3) is 0.542. The molecule has 1 aliphatic rings. The molecule has 8 nitrogen and oxygen atoms in total. The van der Waals surface area contributed by atoms with Crippen molar-refractivity contribution in [2.75, 3.05) is 14.2 Å². The Morgan fingerprint density at radius 2 is 1.56 bits per heavy atom. The van der Waals surface area contributed by atoms with Crippen molar-refractivity contribution in [3.63, 3.8) is 0 Å². The lowest BCUT2D eigenvalue weighted by Gasteiger charge is -2.45. The first kappa shape index (κ1) is 25.2. The van der Waals surface area contributed by atoms with E-state index in [1.54, 1.807) is 33.3 Å². The van der Waals surface area contributed by atoms with E-state index in [9.17, 15) is 19.5 Å². The first-order chi connectivity index (χ1) is 14.9. The van der Waals surface area contributed by atoms with Gasteiger partial charge >= 0.3 is 17.9 Å². The highest BCUT2D eigenvalue weighted by atomic mass is 16.6. The molecule has 0 heterocycles. The highest BCUT2D eigenvalue weighted by Gasteiger charge is 2.54. The van der Waals surface area contributed by atoms with E-state index >= 15 is 0 Å². The van der Waals surface area contributed by atoms with E-state index < -0.39 is 41.4 Å². The lowest BCUT2D eigenvalue weighted by atomic mass is 9.64. The third kappa shape index (κ3) is 5.23. The number of hydrogen-bond donors (Lipinski definition) is 1. The van der Waals surface area contributed by atoms with Crippen LogP contribution >= 0.6 is 0 Å². The molecular formula is C24H32O8. The van der Waals surface area contributed by atoms with Crippen molar-refractivity contribution in [1.82, 2.24) is 0 Å². The van der Waals surface area contributed by atoms with Crippen molar-refractivity contribution in [3.8, 4) is 11.5 Å². The van der Waals surface area contributed by atoms with Crippen LogP contribution in [-0.2, 0) is 23.9 Å². The first-order valence-corrected chi connectivity index (χ1v) is 10.4. The zero-order valence-electron chi connectivity index (χ0n) is 19.6. The number of rotatable bonds is 8. The van der Waals surface area contributed by atoms with Crippen molar-refractivity contribution < 1.29 is 38.4 Å². The fourth-order valence-electron chi connectivity index (χ4n) is 4.27. The monoisotopic (exact) mass is 448 g/mol. The standard InChI is InChI=1S/C24H32O8/c1-13(17-10-18(29-6)12-19(11-17)30-7)8-20-21(31-15(3)25)9-14(2)24(5,23(27)28)22(20)32-16(4)26/h9-13,20-22H,8H2,1-7H3,(H,27,28). The molecule has 1 aromatic rings. The van der Waals surface area contributed by atoms with Crippen LogP contribution in [0.4, 0.5) is 0 Å². The Kier molecular flexibility index (Phi) is 7.93. The smallest absolute Gasteiger partial charge is 0.317 e. The van der Waals surface area contributed by atoms with Gasteiger partial charge in [-0.1, -0.05) is 12.5 Å². The third-order valence-corrected chi connectivity index (χ3v) is 6.22. The third-order valence-electron chi connectivity index (χ3n) is 6.22. The first-order valence-electron chi connectivity index (χ1n) is 10.4. The molecule has 176 valence electrons. The van der Waals surface area contributed by atoms with Crippen LogP contribution in [0.2, 0.25) is 0 Å². The number of benzene rings is 1. The number of carboxylic acids is 1. The second-order valence-electron chi connectivity index (χ2n) is 8.41. The van der Waals surface area contributed by atoms with E-state index in [1.165, 1.54) is 20.8 Å². The highest BCUT2D eigenvalue weighted by Crippen LogP contribution is 2.46. The van der Waals surface area contributed by atoms with Crippen LogP contribution in [0.3, 0.4) is 0 Å². The molecule has 1 aliphatic carbocycles. The van der Waals surface area contributed by atoms with Crippen molar-refractivity contribution in [1.29, 1.82) is 0 Å². The summed E-state index contributed by atoms with van der Waals surface area (Å²) in [6.45, 7) is 7.68. The van der Waals surface area contributed by atoms with Gasteiger partial charge in [0.1, 0.15) is 29.1 Å². The molecule has 0 bridgehead atoms. The number of ether oxygens (including phenoxy) is 4. The van der Waals surface area contributed by atoms with Crippen LogP contribution < -0.4 is 9.47 Å². The SMILES string of the molecule is COc1cc(OC)cc(C(C)CC2C(OC(C)=O)C=C(C)C(C)(C(=O)O)C2OC(C)=O)c1. The predicted molar refractivity (Wildman–Crippen MR) is 117 cm³/mol. The van der Waals surface area contributed by atoms with Gasteiger partial charge in [-0.3, -0.25) is 14.4 Å². The second kappa shape index (κ2) is 10.1. The topological polar surface area (TPSA) is 108 Å². The molecule has 0 fully saturated rings. The molecule has 0 saturated heterocycles. The zero-order chi connectivity index (χ0) is 24.2. The van der Waals surface area contributed by atoms with E-state index in [0.29, 0.717) is 23.5 Å². The molecule has 0 saturated carbocycles. The number of carbonyl (C=O) groups excluding carboxylic acids is 2. The molecule has 2 rings (SSSR count). The highest BCUT2D eigenvalue weighted by molar-refractivity contribution is 5.80. The normalized spacial score (nSPS) is 25.8. The Morgan fingerprint density at radius 3 is 2.00 bits per heavy atom. The molecule has 0 spiro atoms. The summed E-state index contributed by atoms with van der Waals surface area (Å²) in [6, 6.07) is 5.50. The Labute approximate surface area is 188 Å². The van der Waals surface area contributed by atoms with Crippen LogP contribution in [0.25, 0.3) is 0 Å². The van der Waals surface area contributed by atoms with Gasteiger partial charge in [0.25, 0.3) is 0 Å². The van der Waals surface area contributed by atoms with Crippen molar-refractivity contribution in [2.24, 2.45) is 11.3 Å². The maximum atomic E-state index is 12.3. The van der Waals surface area contributed by atoms with Gasteiger partial charge in [0.05, 0.1) is 14.2 Å². The van der Waals surface area contributed by atoms with Gasteiger partial charge in [0.2, 0.25) is 0 Å². The Balaban J connectivity index is 2.54. The lowest BCUT2D eigenvalue weighted by molar-refractivity contribution is -0.176. The molecule has 32 heavy (non-hydrogen) atoms. The van der Waals surface area contributed by atoms with E-state index in [2.05, 4.69) is 0 Å². The lowest BCUT2D eigenvalue weighted by Crippen LogP contribution is -2.54. The van der Waals surface area contributed by atoms with E-state index in [1.807, 2.05) is 19.1 Å². The van der Waals surface area contributed by atoms with Gasteiger partial charge in [0.15, 0.2) is 0 Å². The van der Waals surface area contributed by atoms with Crippen LogP contribution in [0, 0.1) is 11.3 Å². The minimum Gasteiger partial charge on any atom is -0.497 e. The summed E-state index contributed by atoms with van der Waals surface area (Å²) in [4.78, 5) is 36.1. The Hall–Kier alpha value is -3.03. The molecule has 0 radical (unpaired) electrons. The van der Waals surface area contributed by atoms with Crippen LogP contribution in [0.1, 0.15) is 52.5 Å². The molecule has 1 N–H and O–H groups in total. The minimum atomic E-state index is -1.46. The number of aliphatic carboxylic acids is 1. The second-order valence-corrected chi connectivity index (χ2v) is 8.41. The number of hydrogen-bond acceptors (Lipinski definition) is 7. The minimum absolute atomic E-state index is 0.120. The summed E-state index contributed by atoms with van der Waals surface area (Å²) in [5, 5.41) is 10.1. The van der Waals surface area contributed by atoms with Crippen molar-refractivity contribution >= 4 is 17.9 Å². The Bertz CT molecular complexity index is 883. The molecule has 5 atom stereocenters. The Morgan fingerprint density at radius 1 is 1.03 bits per heavy atom. The fourth-order valence-corrected chi connectivity index (χ4v) is 4.27. The number of methoxy groups -OCH3 is 2. The predicted octanol–water partition coefficient (Wildman–Crippen LogP) is 3.73. The summed E-state index contributed by atoms with van der Waals surface area (Å²) >= 11 is 0. The summed E-state index contributed by atoms with van der Waals surface area (Å²) in [6.07, 6.45) is 0.277. The van der Waals surface area contributed by atoms with Crippen molar-refractivity contribution in [2.45, 2.75) is 59.2 Å². The largest absolute Gasteiger partial charge is 0.497 e. The summed E-state index contributed by atoms with van der Waals surface area (Å²) in [5.74, 6) is -1.67. The molecule has 1 aromatic carbocycles. The van der Waals surface area contributed by atoms with Gasteiger partial charge < -0.3 is 24.1 Å². The maximum absolute atomic E-state index is 12.3. The summed E-state index contributed by atoms with van der Waals surface area (Å²) in [7, 11) is 3.12. The maximum Gasteiger partial charge on any atom is 0.317 e. The summed E-state index contributed by atoms with van der Waals surface area (Å²) in [5.41, 5.74) is -0.0965. The van der Waals surface area contributed by atoms with Gasteiger partial charge in [-0.05, 0) is 50.0 Å². The molecule has 5 unspecified atom stereocenters. The summed E-state index contributed by atoms with van der Waals surface area (Å²) < 4.78 is 21.8. The van der Waals surface area contributed by atoms with Crippen LogP contribution in [-0.4, -0.2) is 49.4 Å². The zero-order valence-corrected chi connectivity index (χ0v) is 19.6. The van der Waals surface area contributed by atoms with Crippen molar-refractivity contribution in [3.05, 3.63) is 35.4 Å². The molecule has 0 aromatic heterocycles. The molecular weight excluding hydrogens is 416 g/mol. The average molecular weight is 449 g/mol. The van der Waals surface area contributed by atoms with E-state index in [-0.39, 0.29) is 5.92 Å². The van der Waals surface area contributed by atoms with Gasteiger partial charge in [-0.2, -0.15) is 0 Å². The molecule has 0 amide bonds. The average Bonchev–Trinajstić information content (AvgIpc) is 2.72. The molecule has 8 heteroatoms. The van der Waals surface area contributed by atoms with Gasteiger partial charge in [0, 0.05) is 25.8 Å². The van der Waals surface area contributed by atoms with E-state index in [4.69, 9.17) is 18.9 Å².